The fourth-order valence-electron chi connectivity index (χ4n) is 0.706. The van der Waals surface area contributed by atoms with Gasteiger partial charge >= 0.3 is 0 Å². The fourth-order valence-corrected chi connectivity index (χ4v) is 0.706. The van der Waals surface area contributed by atoms with Gasteiger partial charge < -0.3 is 20.4 Å². The van der Waals surface area contributed by atoms with Crippen molar-refractivity contribution in [2.24, 2.45) is 0 Å². The Labute approximate surface area is 86.2 Å². The van der Waals surface area contributed by atoms with Crippen LogP contribution in [0.2, 0.25) is 0 Å². The van der Waals surface area contributed by atoms with Gasteiger partial charge in [-0.3, -0.25) is 0 Å². The van der Waals surface area contributed by atoms with Crippen molar-refractivity contribution in [3.63, 3.8) is 0 Å². The van der Waals surface area contributed by atoms with Gasteiger partial charge in [0, 0.05) is 13.2 Å². The van der Waals surface area contributed by atoms with Gasteiger partial charge in [-0.25, -0.2) is 0 Å². The van der Waals surface area contributed by atoms with Gasteiger partial charge in [-0.15, -0.1) is 0 Å². The third kappa shape index (κ3) is 14.4. The zero-order chi connectivity index (χ0) is 11.4. The van der Waals surface area contributed by atoms with E-state index in [1.807, 2.05) is 13.8 Å². The summed E-state index contributed by atoms with van der Waals surface area (Å²) < 4.78 is 0. The van der Waals surface area contributed by atoms with Crippen molar-refractivity contribution in [3.05, 3.63) is 0 Å². The quantitative estimate of drug-likeness (QED) is 0.505. The summed E-state index contributed by atoms with van der Waals surface area (Å²) >= 11 is 0. The first-order valence-corrected chi connectivity index (χ1v) is 5.20. The van der Waals surface area contributed by atoms with Gasteiger partial charge in [-0.1, -0.05) is 13.8 Å². The highest BCUT2D eigenvalue weighted by atomic mass is 16.3. The van der Waals surface area contributed by atoms with Crippen molar-refractivity contribution < 1.29 is 20.4 Å². The molecule has 4 heteroatoms. The zero-order valence-electron chi connectivity index (χ0n) is 9.19. The van der Waals surface area contributed by atoms with Gasteiger partial charge in [0.15, 0.2) is 0 Å². The van der Waals surface area contributed by atoms with E-state index in [1.165, 1.54) is 0 Å². The third-order valence-electron chi connectivity index (χ3n) is 1.87. The molecule has 0 saturated carbocycles. The van der Waals surface area contributed by atoms with Gasteiger partial charge in [0.25, 0.3) is 0 Å². The molecule has 4 N–H and O–H groups in total. The molecule has 88 valence electrons. The largest absolute Gasteiger partial charge is 0.396 e. The Kier molecular flexibility index (Phi) is 14.9. The van der Waals surface area contributed by atoms with Crippen molar-refractivity contribution in [1.29, 1.82) is 0 Å². The van der Waals surface area contributed by atoms with E-state index >= 15 is 0 Å². The first kappa shape index (κ1) is 16.3. The van der Waals surface area contributed by atoms with Crippen molar-refractivity contribution in [2.75, 3.05) is 13.2 Å². The van der Waals surface area contributed by atoms with Crippen molar-refractivity contribution in [1.82, 2.24) is 0 Å². The number of aliphatic hydroxyl groups is 4. The van der Waals surface area contributed by atoms with E-state index in [9.17, 15) is 0 Å². The van der Waals surface area contributed by atoms with E-state index in [0.29, 0.717) is 12.8 Å². The van der Waals surface area contributed by atoms with Crippen LogP contribution in [-0.2, 0) is 0 Å². The van der Waals surface area contributed by atoms with Crippen LogP contribution in [0.1, 0.15) is 39.5 Å². The topological polar surface area (TPSA) is 80.9 Å². The molecule has 0 aliphatic carbocycles. The van der Waals surface area contributed by atoms with Crippen LogP contribution >= 0.6 is 0 Å². The van der Waals surface area contributed by atoms with E-state index in [1.54, 1.807) is 0 Å². The molecule has 0 aliphatic heterocycles. The molecule has 0 radical (unpaired) electrons. The Balaban J connectivity index is 0. The second-order valence-corrected chi connectivity index (χ2v) is 3.15. The van der Waals surface area contributed by atoms with Crippen molar-refractivity contribution in [2.45, 2.75) is 51.7 Å². The third-order valence-corrected chi connectivity index (χ3v) is 1.87. The molecule has 14 heavy (non-hydrogen) atoms. The lowest BCUT2D eigenvalue weighted by molar-refractivity contribution is 0.129. The van der Waals surface area contributed by atoms with Crippen LogP contribution in [0, 0.1) is 0 Å². The zero-order valence-corrected chi connectivity index (χ0v) is 9.19. The number of rotatable bonds is 6. The van der Waals surface area contributed by atoms with Crippen LogP contribution in [0.3, 0.4) is 0 Å². The molecule has 2 atom stereocenters. The average Bonchev–Trinajstić information content (AvgIpc) is 2.19. The molecule has 0 heterocycles. The summed E-state index contributed by atoms with van der Waals surface area (Å²) in [6.07, 6.45) is 1.89. The van der Waals surface area contributed by atoms with Crippen LogP contribution in [-0.4, -0.2) is 45.8 Å². The first-order valence-electron chi connectivity index (χ1n) is 5.20. The van der Waals surface area contributed by atoms with E-state index in [-0.39, 0.29) is 25.4 Å². The second-order valence-electron chi connectivity index (χ2n) is 3.15. The molecule has 0 aromatic heterocycles. The highest BCUT2D eigenvalue weighted by Crippen LogP contribution is 1.93. The maximum atomic E-state index is 8.70. The summed E-state index contributed by atoms with van der Waals surface area (Å²) in [6, 6.07) is 0. The van der Waals surface area contributed by atoms with Crippen LogP contribution in [0.5, 0.6) is 0 Å². The lowest BCUT2D eigenvalue weighted by Gasteiger charge is -2.01. The van der Waals surface area contributed by atoms with E-state index in [0.717, 1.165) is 12.8 Å². The molecule has 4 nitrogen and oxygen atoms in total. The van der Waals surface area contributed by atoms with Gasteiger partial charge in [-0.05, 0) is 25.7 Å². The predicted molar refractivity (Wildman–Crippen MR) is 56.0 cm³/mol. The summed E-state index contributed by atoms with van der Waals surface area (Å²) in [7, 11) is 0. The van der Waals surface area contributed by atoms with Gasteiger partial charge in [0.05, 0.1) is 12.2 Å². The predicted octanol–water partition coefficient (Wildman–Crippen LogP) is 0.279. The molecule has 0 aromatic carbocycles. The van der Waals surface area contributed by atoms with Crippen LogP contribution in [0.25, 0.3) is 0 Å². The molecule has 0 aromatic rings. The first-order chi connectivity index (χ1) is 6.62. The number of hydrogen-bond acceptors (Lipinski definition) is 4. The maximum absolute atomic E-state index is 8.70. The van der Waals surface area contributed by atoms with E-state index in [4.69, 9.17) is 20.4 Å². The monoisotopic (exact) mass is 208 g/mol. The van der Waals surface area contributed by atoms with Gasteiger partial charge in [0.2, 0.25) is 0 Å². The highest BCUT2D eigenvalue weighted by Gasteiger charge is 1.96. The maximum Gasteiger partial charge on any atom is 0.0559 e. The smallest absolute Gasteiger partial charge is 0.0559 e. The van der Waals surface area contributed by atoms with Crippen molar-refractivity contribution in [3.8, 4) is 0 Å². The number of hydrogen-bond donors (Lipinski definition) is 4. The summed E-state index contributed by atoms with van der Waals surface area (Å²) in [4.78, 5) is 0. The van der Waals surface area contributed by atoms with E-state index in [2.05, 4.69) is 0 Å². The summed E-state index contributed by atoms with van der Waals surface area (Å²) in [5.74, 6) is 0. The molecular weight excluding hydrogens is 184 g/mol. The molecule has 0 bridgehead atoms. The summed E-state index contributed by atoms with van der Waals surface area (Å²) in [5.41, 5.74) is 0. The van der Waals surface area contributed by atoms with Gasteiger partial charge in [-0.2, -0.15) is 0 Å². The molecule has 0 fully saturated rings. The van der Waals surface area contributed by atoms with E-state index < -0.39 is 0 Å². The van der Waals surface area contributed by atoms with Gasteiger partial charge in [0.1, 0.15) is 0 Å². The Morgan fingerprint density at radius 1 is 0.786 bits per heavy atom. The minimum Gasteiger partial charge on any atom is -0.396 e. The lowest BCUT2D eigenvalue weighted by Crippen LogP contribution is -2.05. The second kappa shape index (κ2) is 12.8. The molecule has 2 unspecified atom stereocenters. The molecule has 0 rings (SSSR count). The SMILES string of the molecule is CCC(O)CCO.CCC(O)CCO. The Morgan fingerprint density at radius 2 is 1.07 bits per heavy atom. The molecule has 0 saturated heterocycles. The van der Waals surface area contributed by atoms with Crippen LogP contribution in [0.15, 0.2) is 0 Å². The normalized spacial score (nSPS) is 14.1. The number of aliphatic hydroxyl groups excluding tert-OH is 4. The fraction of sp³-hybridized carbons (Fsp3) is 1.00. The Bertz CT molecular complexity index is 86.1. The van der Waals surface area contributed by atoms with Crippen LogP contribution < -0.4 is 0 Å². The van der Waals surface area contributed by atoms with Crippen LogP contribution in [0.4, 0.5) is 0 Å². The summed E-state index contributed by atoms with van der Waals surface area (Å²) in [6.45, 7) is 3.96. The standard InChI is InChI=1S/2C5H12O2/c2*1-2-5(7)3-4-6/h2*5-7H,2-4H2,1H3. The lowest BCUT2D eigenvalue weighted by atomic mass is 10.2. The average molecular weight is 208 g/mol. The Morgan fingerprint density at radius 3 is 1.14 bits per heavy atom. The Hall–Kier alpha value is -0.160. The minimum absolute atomic E-state index is 0.0923. The molecular formula is C10H24O4. The molecule has 0 aliphatic rings. The molecule has 0 amide bonds. The minimum atomic E-state index is -0.301. The molecule has 0 spiro atoms. The highest BCUT2D eigenvalue weighted by molar-refractivity contribution is 4.48. The summed E-state index contributed by atoms with van der Waals surface area (Å²) in [5, 5.41) is 33.8. The van der Waals surface area contributed by atoms with Crippen molar-refractivity contribution >= 4 is 0 Å².